The number of hydrogen-bond acceptors (Lipinski definition) is 6. The molecule has 3 aromatic rings. The van der Waals surface area contributed by atoms with Gasteiger partial charge in [0.1, 0.15) is 6.33 Å². The summed E-state index contributed by atoms with van der Waals surface area (Å²) in [6.45, 7) is 0. The van der Waals surface area contributed by atoms with Gasteiger partial charge < -0.3 is 10.6 Å². The van der Waals surface area contributed by atoms with Crippen LogP contribution in [0.3, 0.4) is 0 Å². The number of halogens is 1. The summed E-state index contributed by atoms with van der Waals surface area (Å²) < 4.78 is 0. The van der Waals surface area contributed by atoms with Gasteiger partial charge in [-0.15, -0.1) is 0 Å². The average Bonchev–Trinajstić information content (AvgIpc) is 2.58. The first kappa shape index (κ1) is 15.7. The predicted octanol–water partition coefficient (Wildman–Crippen LogP) is 4.53. The molecule has 7 nitrogen and oxygen atoms in total. The van der Waals surface area contributed by atoms with Crippen LogP contribution in [0.4, 0.5) is 28.7 Å². The molecule has 0 bridgehead atoms. The lowest BCUT2D eigenvalue weighted by Crippen LogP contribution is -2.05. The van der Waals surface area contributed by atoms with Gasteiger partial charge in [-0.1, -0.05) is 29.8 Å². The number of aromatic nitrogens is 2. The van der Waals surface area contributed by atoms with E-state index in [0.717, 1.165) is 0 Å². The fourth-order valence-corrected chi connectivity index (χ4v) is 2.19. The molecule has 0 aliphatic heterocycles. The van der Waals surface area contributed by atoms with Crippen LogP contribution < -0.4 is 10.6 Å². The Balaban J connectivity index is 1.96. The Bertz CT molecular complexity index is 856. The van der Waals surface area contributed by atoms with Crippen LogP contribution in [0.1, 0.15) is 0 Å². The van der Waals surface area contributed by atoms with Gasteiger partial charge in [0.2, 0.25) is 11.6 Å². The summed E-state index contributed by atoms with van der Waals surface area (Å²) in [5, 5.41) is 17.9. The molecular formula is C16H12ClN5O2. The number of nitrogens with one attached hydrogen (secondary N) is 2. The van der Waals surface area contributed by atoms with E-state index in [2.05, 4.69) is 20.6 Å². The Morgan fingerprint density at radius 1 is 0.875 bits per heavy atom. The van der Waals surface area contributed by atoms with Crippen molar-refractivity contribution in [2.24, 2.45) is 0 Å². The van der Waals surface area contributed by atoms with Crippen molar-refractivity contribution in [3.05, 3.63) is 76.1 Å². The third-order valence-corrected chi connectivity index (χ3v) is 3.40. The van der Waals surface area contributed by atoms with Crippen LogP contribution in [0, 0.1) is 10.1 Å². The molecule has 2 aromatic carbocycles. The van der Waals surface area contributed by atoms with Crippen molar-refractivity contribution < 1.29 is 4.92 Å². The van der Waals surface area contributed by atoms with E-state index in [1.54, 1.807) is 36.4 Å². The Hall–Kier alpha value is -3.19. The van der Waals surface area contributed by atoms with E-state index in [4.69, 9.17) is 11.6 Å². The Morgan fingerprint density at radius 3 is 1.96 bits per heavy atom. The van der Waals surface area contributed by atoms with Crippen molar-refractivity contribution in [3.63, 3.8) is 0 Å². The zero-order valence-electron chi connectivity index (χ0n) is 12.3. The second kappa shape index (κ2) is 6.93. The SMILES string of the molecule is O=[N+]([O-])c1c(Nc2ccccc2)ncnc1Nc1ccc(Cl)cc1. The van der Waals surface area contributed by atoms with Gasteiger partial charge in [0, 0.05) is 16.4 Å². The maximum absolute atomic E-state index is 11.5. The van der Waals surface area contributed by atoms with Crippen LogP contribution in [-0.4, -0.2) is 14.9 Å². The van der Waals surface area contributed by atoms with E-state index in [9.17, 15) is 10.1 Å². The first-order valence-electron chi connectivity index (χ1n) is 6.97. The summed E-state index contributed by atoms with van der Waals surface area (Å²) in [4.78, 5) is 18.9. The maximum Gasteiger partial charge on any atom is 0.353 e. The molecule has 24 heavy (non-hydrogen) atoms. The van der Waals surface area contributed by atoms with E-state index in [0.29, 0.717) is 16.4 Å². The summed E-state index contributed by atoms with van der Waals surface area (Å²) in [5.41, 5.74) is 1.08. The quantitative estimate of drug-likeness (QED) is 0.523. The third-order valence-electron chi connectivity index (χ3n) is 3.15. The minimum absolute atomic E-state index is 0.0933. The van der Waals surface area contributed by atoms with E-state index in [1.165, 1.54) is 6.33 Å². The number of nitro groups is 1. The van der Waals surface area contributed by atoms with Crippen molar-refractivity contribution in [1.82, 2.24) is 9.97 Å². The Kier molecular flexibility index (Phi) is 4.53. The molecular weight excluding hydrogens is 330 g/mol. The lowest BCUT2D eigenvalue weighted by molar-refractivity contribution is -0.383. The molecule has 0 spiro atoms. The molecule has 3 rings (SSSR count). The topological polar surface area (TPSA) is 93.0 Å². The summed E-state index contributed by atoms with van der Waals surface area (Å²) in [6.07, 6.45) is 1.26. The first-order valence-corrected chi connectivity index (χ1v) is 7.35. The number of anilines is 4. The van der Waals surface area contributed by atoms with Crippen molar-refractivity contribution in [2.75, 3.05) is 10.6 Å². The standard InChI is InChI=1S/C16H12ClN5O2/c17-11-6-8-13(9-7-11)21-16-14(22(23)24)15(18-10-19-16)20-12-4-2-1-3-5-12/h1-10H,(H2,18,19,20,21). The van der Waals surface area contributed by atoms with Crippen LogP contribution in [0.15, 0.2) is 60.9 Å². The van der Waals surface area contributed by atoms with Crippen molar-refractivity contribution in [3.8, 4) is 0 Å². The van der Waals surface area contributed by atoms with Crippen LogP contribution in [0.5, 0.6) is 0 Å². The van der Waals surface area contributed by atoms with Gasteiger partial charge in [0.25, 0.3) is 0 Å². The molecule has 0 amide bonds. The van der Waals surface area contributed by atoms with Gasteiger partial charge >= 0.3 is 5.69 Å². The lowest BCUT2D eigenvalue weighted by atomic mass is 10.3. The number of benzene rings is 2. The van der Waals surface area contributed by atoms with Gasteiger partial charge in [0.15, 0.2) is 0 Å². The second-order valence-corrected chi connectivity index (χ2v) is 5.24. The van der Waals surface area contributed by atoms with Crippen molar-refractivity contribution in [1.29, 1.82) is 0 Å². The van der Waals surface area contributed by atoms with Crippen LogP contribution in [0.25, 0.3) is 0 Å². The monoisotopic (exact) mass is 341 g/mol. The average molecular weight is 342 g/mol. The lowest BCUT2D eigenvalue weighted by Gasteiger charge is -2.10. The number of nitrogens with zero attached hydrogens (tertiary/aromatic N) is 3. The van der Waals surface area contributed by atoms with Gasteiger partial charge in [0.05, 0.1) is 4.92 Å². The van der Waals surface area contributed by atoms with Gasteiger partial charge in [-0.25, -0.2) is 9.97 Å². The Morgan fingerprint density at radius 2 is 1.42 bits per heavy atom. The molecule has 0 atom stereocenters. The summed E-state index contributed by atoms with van der Waals surface area (Å²) in [7, 11) is 0. The molecule has 8 heteroatoms. The molecule has 0 saturated heterocycles. The second-order valence-electron chi connectivity index (χ2n) is 4.80. The number of hydrogen-bond donors (Lipinski definition) is 2. The molecule has 0 radical (unpaired) electrons. The molecule has 0 saturated carbocycles. The summed E-state index contributed by atoms with van der Waals surface area (Å²) in [6, 6.07) is 15.9. The largest absolute Gasteiger partial charge is 0.353 e. The molecule has 1 heterocycles. The van der Waals surface area contributed by atoms with Crippen LogP contribution >= 0.6 is 11.6 Å². The zero-order chi connectivity index (χ0) is 16.9. The minimum Gasteiger partial charge on any atom is -0.334 e. The molecule has 0 unspecified atom stereocenters. The minimum atomic E-state index is -0.524. The highest BCUT2D eigenvalue weighted by Gasteiger charge is 2.23. The highest BCUT2D eigenvalue weighted by atomic mass is 35.5. The zero-order valence-corrected chi connectivity index (χ0v) is 13.1. The van der Waals surface area contributed by atoms with Crippen molar-refractivity contribution >= 4 is 40.3 Å². The van der Waals surface area contributed by atoms with E-state index in [-0.39, 0.29) is 17.3 Å². The predicted molar refractivity (Wildman–Crippen MR) is 93.1 cm³/mol. The highest BCUT2D eigenvalue weighted by Crippen LogP contribution is 2.32. The van der Waals surface area contributed by atoms with E-state index in [1.807, 2.05) is 18.2 Å². The third kappa shape index (κ3) is 3.58. The molecule has 0 fully saturated rings. The molecule has 2 N–H and O–H groups in total. The van der Waals surface area contributed by atoms with Crippen molar-refractivity contribution in [2.45, 2.75) is 0 Å². The summed E-state index contributed by atoms with van der Waals surface area (Å²) >= 11 is 5.84. The maximum atomic E-state index is 11.5. The Labute approximate surface area is 142 Å². The highest BCUT2D eigenvalue weighted by molar-refractivity contribution is 6.30. The number of rotatable bonds is 5. The van der Waals surface area contributed by atoms with E-state index >= 15 is 0 Å². The van der Waals surface area contributed by atoms with Gasteiger partial charge in [-0.2, -0.15) is 0 Å². The molecule has 1 aromatic heterocycles. The first-order chi connectivity index (χ1) is 11.6. The van der Waals surface area contributed by atoms with Crippen LogP contribution in [-0.2, 0) is 0 Å². The normalized spacial score (nSPS) is 10.2. The van der Waals surface area contributed by atoms with Gasteiger partial charge in [-0.3, -0.25) is 10.1 Å². The number of para-hydroxylation sites is 1. The molecule has 120 valence electrons. The fourth-order valence-electron chi connectivity index (χ4n) is 2.06. The van der Waals surface area contributed by atoms with Gasteiger partial charge in [-0.05, 0) is 36.4 Å². The smallest absolute Gasteiger partial charge is 0.334 e. The molecule has 0 aliphatic rings. The van der Waals surface area contributed by atoms with Crippen LogP contribution in [0.2, 0.25) is 5.02 Å². The van der Waals surface area contributed by atoms with E-state index < -0.39 is 4.92 Å². The fraction of sp³-hybridized carbons (Fsp3) is 0. The summed E-state index contributed by atoms with van der Waals surface area (Å²) in [5.74, 6) is 0.202. The molecule has 0 aliphatic carbocycles.